The Labute approximate surface area is 67.0 Å². The molecule has 1 saturated heterocycles. The molecule has 1 fully saturated rings. The zero-order valence-electron chi connectivity index (χ0n) is 5.52. The minimum atomic E-state index is -1.59. The molecule has 12 heavy (non-hydrogen) atoms. The van der Waals surface area contributed by atoms with Crippen LogP contribution in [0, 0.1) is 0 Å². The van der Waals surface area contributed by atoms with Gasteiger partial charge in [0.25, 0.3) is 0 Å². The van der Waals surface area contributed by atoms with Gasteiger partial charge in [0.15, 0.2) is 0 Å². The van der Waals surface area contributed by atoms with Crippen LogP contribution in [0.5, 0.6) is 0 Å². The van der Waals surface area contributed by atoms with Gasteiger partial charge in [0.1, 0.15) is 0 Å². The summed E-state index contributed by atoms with van der Waals surface area (Å²) >= 11 is 0. The Morgan fingerprint density at radius 1 is 0.667 bits per heavy atom. The highest BCUT2D eigenvalue weighted by Crippen LogP contribution is 2.08. The zero-order valence-corrected chi connectivity index (χ0v) is 5.52. The maximum atomic E-state index is 8.04. The molecule has 0 spiro atoms. The highest BCUT2D eigenvalue weighted by Gasteiger charge is 2.47. The number of hydrogen-bond acceptors (Lipinski definition) is 9. The summed E-state index contributed by atoms with van der Waals surface area (Å²) in [5.41, 5.74) is 0. The van der Waals surface area contributed by atoms with Crippen molar-refractivity contribution >= 4 is 22.0 Å². The monoisotopic (exact) mass is 180 g/mol. The zero-order chi connectivity index (χ0) is 8.97. The smallest absolute Gasteiger partial charge is 0.397 e. The van der Waals surface area contributed by atoms with Gasteiger partial charge in [0.05, 0.1) is 0 Å². The lowest BCUT2D eigenvalue weighted by Gasteiger charge is -2.22. The summed E-state index contributed by atoms with van der Waals surface area (Å²) in [5.74, 6) is 0. The second-order valence-corrected chi connectivity index (χ2v) is 1.59. The molecule has 1 aliphatic heterocycles. The van der Waals surface area contributed by atoms with Gasteiger partial charge in [-0.3, -0.25) is 15.8 Å². The second kappa shape index (κ2) is 4.76. The van der Waals surface area contributed by atoms with Crippen LogP contribution < -0.4 is 0 Å². The van der Waals surface area contributed by atoms with Crippen molar-refractivity contribution in [2.45, 2.75) is 0 Å². The average molecular weight is 179 g/mol. The van der Waals surface area contributed by atoms with E-state index in [1.807, 2.05) is 0 Å². The first-order chi connectivity index (χ1) is 5.80. The van der Waals surface area contributed by atoms with Crippen LogP contribution in [0.25, 0.3) is 0 Å². The van der Waals surface area contributed by atoms with E-state index in [0.29, 0.717) is 0 Å². The van der Waals surface area contributed by atoms with Crippen molar-refractivity contribution in [3.63, 3.8) is 0 Å². The van der Waals surface area contributed by atoms with Gasteiger partial charge in [-0.15, -0.1) is 0 Å². The molecule has 0 aromatic heterocycles. The lowest BCUT2D eigenvalue weighted by Crippen LogP contribution is -2.51. The fourth-order valence-electron chi connectivity index (χ4n) is 0.517. The normalized spacial score (nSPS) is 18.8. The molecule has 0 aliphatic carbocycles. The topological polar surface area (TPSA) is 116 Å². The van der Waals surface area contributed by atoms with Gasteiger partial charge in [-0.25, -0.2) is 14.4 Å². The Morgan fingerprint density at radius 2 is 0.917 bits per heavy atom. The molecule has 1 heterocycles. The van der Waals surface area contributed by atoms with Gasteiger partial charge in [-0.05, 0) is 0 Å². The van der Waals surface area contributed by atoms with Gasteiger partial charge in [0.2, 0.25) is 0 Å². The molecule has 3 N–H and O–H groups in total. The fourth-order valence-corrected chi connectivity index (χ4v) is 0.517. The van der Waals surface area contributed by atoms with E-state index >= 15 is 0 Å². The Morgan fingerprint density at radius 3 is 1.08 bits per heavy atom. The van der Waals surface area contributed by atoms with E-state index in [1.54, 1.807) is 0 Å². The summed E-state index contributed by atoms with van der Waals surface area (Å²) in [5, 5.41) is 24.1. The summed E-state index contributed by atoms with van der Waals surface area (Å²) in [6.45, 7) is 0. The number of rotatable bonds is 3. The Bertz CT molecular complexity index is 97.2. The molecule has 0 atom stereocenters. The van der Waals surface area contributed by atoms with Crippen molar-refractivity contribution in [1.82, 2.24) is 0 Å². The van der Waals surface area contributed by atoms with Crippen LogP contribution in [0.15, 0.2) is 0 Å². The molecule has 0 aromatic carbocycles. The largest absolute Gasteiger partial charge is 0.644 e. The van der Waals surface area contributed by atoms with Crippen LogP contribution in [0.1, 0.15) is 0 Å². The van der Waals surface area contributed by atoms with E-state index in [2.05, 4.69) is 28.1 Å². The van der Waals surface area contributed by atoms with E-state index in [0.717, 1.165) is 0 Å². The van der Waals surface area contributed by atoms with Crippen molar-refractivity contribution in [2.24, 2.45) is 0 Å². The van der Waals surface area contributed by atoms with Crippen LogP contribution in [0.3, 0.4) is 0 Å². The molecule has 9 nitrogen and oxygen atoms in total. The molecule has 1 aliphatic rings. The highest BCUT2D eigenvalue weighted by atomic mass is 17.2. The lowest BCUT2D eigenvalue weighted by molar-refractivity contribution is -0.218. The van der Waals surface area contributed by atoms with Crippen LogP contribution >= 0.6 is 0 Å². The van der Waals surface area contributed by atoms with Gasteiger partial charge in [-0.1, -0.05) is 0 Å². The van der Waals surface area contributed by atoms with E-state index < -0.39 is 22.0 Å². The maximum absolute atomic E-state index is 8.04. The van der Waals surface area contributed by atoms with Gasteiger partial charge >= 0.3 is 22.0 Å². The molecule has 0 bridgehead atoms. The predicted octanol–water partition coefficient (Wildman–Crippen LogP) is -1.53. The van der Waals surface area contributed by atoms with E-state index in [9.17, 15) is 0 Å². The molecule has 0 aromatic rings. The van der Waals surface area contributed by atoms with Crippen molar-refractivity contribution < 1.29 is 43.9 Å². The predicted molar refractivity (Wildman–Crippen MR) is 31.7 cm³/mol. The minimum absolute atomic E-state index is 1.59. The molecule has 66 valence electrons. The van der Waals surface area contributed by atoms with Gasteiger partial charge in [-0.2, -0.15) is 0 Å². The standard InChI is InChI=1S/B3H3O9/c4-10-1-7-2(11-5)9-3(8-1)12-6/h4-6H. The third-order valence-electron chi connectivity index (χ3n) is 0.925. The summed E-state index contributed by atoms with van der Waals surface area (Å²) in [6, 6.07) is 0. The third kappa shape index (κ3) is 2.41. The van der Waals surface area contributed by atoms with Crippen LogP contribution in [0.4, 0.5) is 0 Å². The van der Waals surface area contributed by atoms with E-state index in [1.165, 1.54) is 0 Å². The third-order valence-corrected chi connectivity index (χ3v) is 0.925. The van der Waals surface area contributed by atoms with Crippen molar-refractivity contribution in [3.8, 4) is 0 Å². The summed E-state index contributed by atoms with van der Waals surface area (Å²) < 4.78 is 13.0. The fraction of sp³-hybridized carbons (Fsp3) is 0. The molecule has 12 heteroatoms. The van der Waals surface area contributed by atoms with Crippen LogP contribution in [0.2, 0.25) is 0 Å². The lowest BCUT2D eigenvalue weighted by atomic mass is 9.98. The van der Waals surface area contributed by atoms with Crippen molar-refractivity contribution in [1.29, 1.82) is 0 Å². The first-order valence-corrected chi connectivity index (χ1v) is 2.67. The maximum Gasteiger partial charge on any atom is 0.644 e. The van der Waals surface area contributed by atoms with Crippen molar-refractivity contribution in [2.75, 3.05) is 0 Å². The van der Waals surface area contributed by atoms with E-state index in [-0.39, 0.29) is 0 Å². The molecule has 0 saturated carbocycles. The molecule has 1 rings (SSSR count). The summed E-state index contributed by atoms with van der Waals surface area (Å²) in [7, 11) is -4.77. The Kier molecular flexibility index (Phi) is 3.94. The van der Waals surface area contributed by atoms with Gasteiger partial charge < -0.3 is 13.7 Å². The highest BCUT2D eigenvalue weighted by molar-refractivity contribution is 6.66. The SMILES string of the molecule is OOB1OB(OO)OB(OO)O1. The summed E-state index contributed by atoms with van der Waals surface area (Å²) in [4.78, 5) is 10.6. The van der Waals surface area contributed by atoms with Crippen molar-refractivity contribution in [3.05, 3.63) is 0 Å². The molecular weight excluding hydrogens is 176 g/mol. The minimum Gasteiger partial charge on any atom is -0.397 e. The first-order valence-electron chi connectivity index (χ1n) is 2.67. The van der Waals surface area contributed by atoms with Crippen LogP contribution in [-0.4, -0.2) is 37.7 Å². The molecular formula is H3B3O9. The second-order valence-electron chi connectivity index (χ2n) is 1.59. The quantitative estimate of drug-likeness (QED) is 0.270. The molecule has 0 radical (unpaired) electrons. The number of hydrogen-bond donors (Lipinski definition) is 3. The first kappa shape index (κ1) is 9.92. The van der Waals surface area contributed by atoms with Crippen LogP contribution in [-0.2, 0) is 28.1 Å². The molecule has 0 amide bonds. The van der Waals surface area contributed by atoms with E-state index in [4.69, 9.17) is 15.8 Å². The summed E-state index contributed by atoms with van der Waals surface area (Å²) in [6.07, 6.45) is 0. The average Bonchev–Trinajstić information content (AvgIpc) is 2.16. The van der Waals surface area contributed by atoms with Gasteiger partial charge in [0, 0.05) is 0 Å². The molecule has 0 unspecified atom stereocenters. The Hall–Kier alpha value is -0.165. The Balaban J connectivity index is 2.41.